The van der Waals surface area contributed by atoms with Crippen LogP contribution in [0.5, 0.6) is 0 Å². The van der Waals surface area contributed by atoms with Crippen molar-refractivity contribution in [2.24, 2.45) is 0 Å². The highest BCUT2D eigenvalue weighted by atomic mass is 19.1. The van der Waals surface area contributed by atoms with Crippen molar-refractivity contribution in [3.05, 3.63) is 58.7 Å². The summed E-state index contributed by atoms with van der Waals surface area (Å²) in [4.78, 5) is 29.2. The Morgan fingerprint density at radius 3 is 2.20 bits per heavy atom. The Bertz CT molecular complexity index is 980. The number of carbonyl (C=O) groups excluding carboxylic acids is 2. The number of benzene rings is 2. The van der Waals surface area contributed by atoms with Crippen molar-refractivity contribution in [1.29, 1.82) is 0 Å². The number of halogens is 2. The molecule has 0 N–H and O–H groups in total. The number of nitrogens with zero attached hydrogens (tertiary/aromatic N) is 3. The average molecular weight is 415 g/mol. The lowest BCUT2D eigenvalue weighted by molar-refractivity contribution is 0.0737. The maximum atomic E-state index is 14.7. The molecule has 2 saturated heterocycles. The van der Waals surface area contributed by atoms with E-state index in [0.717, 1.165) is 28.3 Å². The van der Waals surface area contributed by atoms with Crippen molar-refractivity contribution >= 4 is 23.4 Å². The highest BCUT2D eigenvalue weighted by Crippen LogP contribution is 2.27. The van der Waals surface area contributed by atoms with E-state index in [9.17, 15) is 18.4 Å². The van der Waals surface area contributed by atoms with E-state index in [1.54, 1.807) is 0 Å². The quantitative estimate of drug-likeness (QED) is 0.770. The van der Waals surface area contributed by atoms with Crippen LogP contribution >= 0.6 is 0 Å². The van der Waals surface area contributed by atoms with Gasteiger partial charge in [-0.15, -0.1) is 0 Å². The number of amides is 2. The predicted octanol–water partition coefficient (Wildman–Crippen LogP) is 3.50. The summed E-state index contributed by atoms with van der Waals surface area (Å²) in [6.45, 7) is 6.35. The van der Waals surface area contributed by atoms with Gasteiger partial charge in [-0.05, 0) is 37.6 Å². The highest BCUT2D eigenvalue weighted by molar-refractivity contribution is 5.96. The number of hydrogen-bond donors (Lipinski definition) is 0. The summed E-state index contributed by atoms with van der Waals surface area (Å²) in [5.41, 5.74) is 2.89. The van der Waals surface area contributed by atoms with Crippen LogP contribution in [0, 0.1) is 25.5 Å². The zero-order chi connectivity index (χ0) is 21.4. The number of ether oxygens (including phenoxy) is 1. The number of rotatable bonds is 3. The molecule has 0 unspecified atom stereocenters. The Labute approximate surface area is 173 Å². The van der Waals surface area contributed by atoms with Crippen molar-refractivity contribution in [3.8, 4) is 0 Å². The minimum atomic E-state index is -0.980. The van der Waals surface area contributed by atoms with Crippen LogP contribution in [-0.4, -0.2) is 56.2 Å². The van der Waals surface area contributed by atoms with E-state index in [1.165, 1.54) is 10.5 Å². The van der Waals surface area contributed by atoms with Gasteiger partial charge in [0.05, 0.1) is 12.2 Å². The third-order valence-electron chi connectivity index (χ3n) is 5.57. The second-order valence-corrected chi connectivity index (χ2v) is 7.62. The number of cyclic esters (lactones) is 1. The first-order valence-corrected chi connectivity index (χ1v) is 9.90. The molecule has 6 nitrogen and oxygen atoms in total. The fourth-order valence-corrected chi connectivity index (χ4v) is 4.02. The van der Waals surface area contributed by atoms with Gasteiger partial charge in [0, 0.05) is 31.9 Å². The first-order valence-electron chi connectivity index (χ1n) is 9.90. The molecule has 2 aromatic rings. The van der Waals surface area contributed by atoms with Crippen LogP contribution in [0.15, 0.2) is 30.3 Å². The van der Waals surface area contributed by atoms with Crippen LogP contribution < -0.4 is 9.80 Å². The van der Waals surface area contributed by atoms with Crippen LogP contribution in [0.25, 0.3) is 0 Å². The molecule has 2 aliphatic rings. The van der Waals surface area contributed by atoms with Gasteiger partial charge in [0.15, 0.2) is 0 Å². The van der Waals surface area contributed by atoms with E-state index in [-0.39, 0.29) is 18.8 Å². The molecule has 30 heavy (non-hydrogen) atoms. The first kappa shape index (κ1) is 20.1. The average Bonchev–Trinajstić information content (AvgIpc) is 3.13. The van der Waals surface area contributed by atoms with Crippen LogP contribution in [0.3, 0.4) is 0 Å². The molecular weight excluding hydrogens is 392 g/mol. The Balaban J connectivity index is 1.48. The molecule has 2 amide bonds. The highest BCUT2D eigenvalue weighted by Gasteiger charge is 2.30. The monoisotopic (exact) mass is 415 g/mol. The lowest BCUT2D eigenvalue weighted by Gasteiger charge is -2.37. The molecule has 8 heteroatoms. The van der Waals surface area contributed by atoms with Crippen molar-refractivity contribution in [2.75, 3.05) is 49.1 Å². The van der Waals surface area contributed by atoms with Crippen molar-refractivity contribution in [3.63, 3.8) is 0 Å². The molecule has 0 atom stereocenters. The standard InChI is InChI=1S/C22H23F2N3O3/c1-14-3-4-19(15(2)11-14)25-5-7-26(8-6-25)21(28)20-17(23)12-16(13-18(20)24)27-9-10-30-22(27)29/h3-4,11-13H,5-10H2,1-2H3. The van der Waals surface area contributed by atoms with Gasteiger partial charge in [0.25, 0.3) is 5.91 Å². The van der Waals surface area contributed by atoms with Gasteiger partial charge >= 0.3 is 6.09 Å². The van der Waals surface area contributed by atoms with Gasteiger partial charge in [-0.2, -0.15) is 0 Å². The van der Waals surface area contributed by atoms with Gasteiger partial charge < -0.3 is 14.5 Å². The Hall–Kier alpha value is -3.16. The maximum absolute atomic E-state index is 14.7. The SMILES string of the molecule is Cc1ccc(N2CCN(C(=O)c3c(F)cc(N4CCOC4=O)cc3F)CC2)c(C)c1. The molecule has 2 heterocycles. The summed E-state index contributed by atoms with van der Waals surface area (Å²) in [5.74, 6) is -2.64. The van der Waals surface area contributed by atoms with E-state index in [4.69, 9.17) is 4.74 Å². The number of hydrogen-bond acceptors (Lipinski definition) is 4. The molecule has 0 aromatic heterocycles. The molecule has 0 radical (unpaired) electrons. The largest absolute Gasteiger partial charge is 0.447 e. The topological polar surface area (TPSA) is 53.1 Å². The number of anilines is 2. The van der Waals surface area contributed by atoms with E-state index < -0.39 is 29.2 Å². The third kappa shape index (κ3) is 3.69. The molecule has 2 aromatic carbocycles. The molecular formula is C22H23F2N3O3. The number of carbonyl (C=O) groups is 2. The van der Waals surface area contributed by atoms with E-state index >= 15 is 0 Å². The molecule has 2 aliphatic heterocycles. The first-order chi connectivity index (χ1) is 14.3. The summed E-state index contributed by atoms with van der Waals surface area (Å²) in [5, 5.41) is 0. The van der Waals surface area contributed by atoms with Crippen molar-refractivity contribution < 1.29 is 23.1 Å². The summed E-state index contributed by atoms with van der Waals surface area (Å²) >= 11 is 0. The lowest BCUT2D eigenvalue weighted by Crippen LogP contribution is -2.49. The summed E-state index contributed by atoms with van der Waals surface area (Å²) < 4.78 is 34.1. The van der Waals surface area contributed by atoms with Gasteiger partial charge in [0.1, 0.15) is 23.8 Å². The number of piperazine rings is 1. The fourth-order valence-electron chi connectivity index (χ4n) is 4.02. The normalized spacial score (nSPS) is 16.8. The molecule has 2 fully saturated rings. The lowest BCUT2D eigenvalue weighted by atomic mass is 10.1. The third-order valence-corrected chi connectivity index (χ3v) is 5.57. The molecule has 0 bridgehead atoms. The summed E-state index contributed by atoms with van der Waals surface area (Å²) in [6.07, 6.45) is -0.657. The number of aryl methyl sites for hydroxylation is 2. The molecule has 0 saturated carbocycles. The van der Waals surface area contributed by atoms with Gasteiger partial charge in [-0.25, -0.2) is 13.6 Å². The Kier molecular flexibility index (Phi) is 5.32. The van der Waals surface area contributed by atoms with E-state index in [1.807, 2.05) is 19.9 Å². The zero-order valence-corrected chi connectivity index (χ0v) is 17.0. The van der Waals surface area contributed by atoms with Crippen LogP contribution in [-0.2, 0) is 4.74 Å². The molecule has 158 valence electrons. The van der Waals surface area contributed by atoms with Crippen LogP contribution in [0.1, 0.15) is 21.5 Å². The molecule has 0 aliphatic carbocycles. The molecule has 0 spiro atoms. The maximum Gasteiger partial charge on any atom is 0.414 e. The summed E-state index contributed by atoms with van der Waals surface area (Å²) in [6, 6.07) is 8.23. The van der Waals surface area contributed by atoms with Crippen molar-refractivity contribution in [2.45, 2.75) is 13.8 Å². The zero-order valence-electron chi connectivity index (χ0n) is 17.0. The smallest absolute Gasteiger partial charge is 0.414 e. The van der Waals surface area contributed by atoms with Crippen LogP contribution in [0.4, 0.5) is 25.0 Å². The predicted molar refractivity (Wildman–Crippen MR) is 109 cm³/mol. The Morgan fingerprint density at radius 1 is 0.967 bits per heavy atom. The summed E-state index contributed by atoms with van der Waals surface area (Å²) in [7, 11) is 0. The van der Waals surface area contributed by atoms with Crippen LogP contribution in [0.2, 0.25) is 0 Å². The second kappa shape index (κ2) is 7.93. The van der Waals surface area contributed by atoms with Crippen molar-refractivity contribution in [1.82, 2.24) is 4.90 Å². The second-order valence-electron chi connectivity index (χ2n) is 7.62. The Morgan fingerprint density at radius 2 is 1.63 bits per heavy atom. The minimum absolute atomic E-state index is 0.0451. The van der Waals surface area contributed by atoms with Gasteiger partial charge in [-0.3, -0.25) is 9.69 Å². The van der Waals surface area contributed by atoms with Gasteiger partial charge in [-0.1, -0.05) is 17.7 Å². The van der Waals surface area contributed by atoms with E-state index in [2.05, 4.69) is 17.0 Å². The minimum Gasteiger partial charge on any atom is -0.447 e. The van der Waals surface area contributed by atoms with E-state index in [0.29, 0.717) is 26.2 Å². The van der Waals surface area contributed by atoms with Gasteiger partial charge in [0.2, 0.25) is 0 Å². The molecule has 4 rings (SSSR count). The fraction of sp³-hybridized carbons (Fsp3) is 0.364.